The fraction of sp³-hybridized carbons (Fsp3) is 0.917. The molecule has 3 heteroatoms. The first-order valence-electron chi connectivity index (χ1n) is 6.14. The predicted molar refractivity (Wildman–Crippen MR) is 62.5 cm³/mol. The van der Waals surface area contributed by atoms with E-state index in [-0.39, 0.29) is 17.6 Å². The van der Waals surface area contributed by atoms with Gasteiger partial charge in [-0.05, 0) is 26.7 Å². The number of carbonyl (C=O) groups excluding carboxylic acids is 1. The average Bonchev–Trinajstić information content (AvgIpc) is 2.42. The fourth-order valence-corrected chi connectivity index (χ4v) is 2.17. The van der Waals surface area contributed by atoms with Gasteiger partial charge in [-0.15, -0.1) is 0 Å². The van der Waals surface area contributed by atoms with Crippen LogP contribution in [0.5, 0.6) is 0 Å². The predicted octanol–water partition coefficient (Wildman–Crippen LogP) is 2.12. The van der Waals surface area contributed by atoms with Crippen LogP contribution in [0, 0.1) is 0 Å². The molecule has 0 saturated carbocycles. The molecular formula is C12H24N2O. The van der Waals surface area contributed by atoms with E-state index in [4.69, 9.17) is 0 Å². The molecule has 1 heterocycles. The lowest BCUT2D eigenvalue weighted by atomic mass is 9.99. The van der Waals surface area contributed by atoms with Gasteiger partial charge in [0.05, 0.1) is 11.7 Å². The van der Waals surface area contributed by atoms with Crippen molar-refractivity contribution in [2.75, 3.05) is 6.54 Å². The van der Waals surface area contributed by atoms with E-state index in [1.165, 1.54) is 12.8 Å². The van der Waals surface area contributed by atoms with Crippen LogP contribution < -0.4 is 5.32 Å². The summed E-state index contributed by atoms with van der Waals surface area (Å²) in [6.07, 6.45) is 4.59. The number of nitrogens with one attached hydrogen (secondary N) is 1. The van der Waals surface area contributed by atoms with Gasteiger partial charge in [0.15, 0.2) is 0 Å². The number of amides is 1. The minimum Gasteiger partial charge on any atom is -0.326 e. The average molecular weight is 212 g/mol. The highest BCUT2D eigenvalue weighted by molar-refractivity contribution is 5.88. The number of unbranched alkanes of at least 4 members (excludes halogenated alkanes) is 2. The van der Waals surface area contributed by atoms with Gasteiger partial charge in [-0.2, -0.15) is 0 Å². The van der Waals surface area contributed by atoms with E-state index in [0.29, 0.717) is 0 Å². The van der Waals surface area contributed by atoms with Gasteiger partial charge in [0.1, 0.15) is 0 Å². The van der Waals surface area contributed by atoms with Crippen LogP contribution in [0.3, 0.4) is 0 Å². The van der Waals surface area contributed by atoms with Crippen molar-refractivity contribution < 1.29 is 4.79 Å². The highest BCUT2D eigenvalue weighted by atomic mass is 16.2. The molecule has 1 fully saturated rings. The summed E-state index contributed by atoms with van der Waals surface area (Å²) in [6.45, 7) is 9.23. The van der Waals surface area contributed by atoms with Crippen LogP contribution in [0.1, 0.15) is 53.4 Å². The molecule has 3 nitrogen and oxygen atoms in total. The van der Waals surface area contributed by atoms with Gasteiger partial charge in [-0.1, -0.05) is 26.7 Å². The van der Waals surface area contributed by atoms with Crippen LogP contribution in [0.15, 0.2) is 0 Å². The topological polar surface area (TPSA) is 32.3 Å². The molecule has 1 aliphatic heterocycles. The van der Waals surface area contributed by atoms with Gasteiger partial charge in [-0.25, -0.2) is 0 Å². The summed E-state index contributed by atoms with van der Waals surface area (Å²) in [4.78, 5) is 14.1. The first-order chi connectivity index (χ1) is 7.05. The van der Waals surface area contributed by atoms with E-state index in [2.05, 4.69) is 26.1 Å². The fourth-order valence-electron chi connectivity index (χ4n) is 2.17. The molecule has 0 spiro atoms. The van der Waals surface area contributed by atoms with Crippen molar-refractivity contribution >= 4 is 5.91 Å². The molecule has 1 rings (SSSR count). The van der Waals surface area contributed by atoms with Crippen LogP contribution >= 0.6 is 0 Å². The monoisotopic (exact) mass is 212 g/mol. The van der Waals surface area contributed by atoms with Crippen molar-refractivity contribution in [2.24, 2.45) is 0 Å². The summed E-state index contributed by atoms with van der Waals surface area (Å²) in [5.74, 6) is 0.272. The maximum Gasteiger partial charge on any atom is 0.243 e. The van der Waals surface area contributed by atoms with Gasteiger partial charge < -0.3 is 4.90 Å². The molecule has 0 aromatic rings. The first kappa shape index (κ1) is 12.5. The molecule has 0 radical (unpaired) electrons. The zero-order chi connectivity index (χ0) is 11.5. The SMILES string of the molecule is CCCCCN1C(=O)C(C)(CC)NC1C. The molecule has 0 aromatic carbocycles. The van der Waals surface area contributed by atoms with Crippen LogP contribution in [-0.4, -0.2) is 29.1 Å². The number of hydrogen-bond acceptors (Lipinski definition) is 2. The summed E-state index contributed by atoms with van der Waals surface area (Å²) in [7, 11) is 0. The summed E-state index contributed by atoms with van der Waals surface area (Å²) in [6, 6.07) is 0. The second-order valence-corrected chi connectivity index (χ2v) is 4.71. The van der Waals surface area contributed by atoms with E-state index in [1.807, 2.05) is 11.8 Å². The number of rotatable bonds is 5. The molecular weight excluding hydrogens is 188 g/mol. The molecule has 1 N–H and O–H groups in total. The second-order valence-electron chi connectivity index (χ2n) is 4.71. The first-order valence-corrected chi connectivity index (χ1v) is 6.14. The standard InChI is InChI=1S/C12H24N2O/c1-5-7-8-9-14-10(3)13-12(4,6-2)11(14)15/h10,13H,5-9H2,1-4H3. The van der Waals surface area contributed by atoms with Gasteiger partial charge in [0.25, 0.3) is 0 Å². The van der Waals surface area contributed by atoms with Crippen molar-refractivity contribution in [3.63, 3.8) is 0 Å². The summed E-state index contributed by atoms with van der Waals surface area (Å²) < 4.78 is 0. The molecule has 15 heavy (non-hydrogen) atoms. The lowest BCUT2D eigenvalue weighted by molar-refractivity contribution is -0.132. The Bertz CT molecular complexity index is 230. The second kappa shape index (κ2) is 4.97. The van der Waals surface area contributed by atoms with E-state index < -0.39 is 0 Å². The van der Waals surface area contributed by atoms with E-state index in [0.717, 1.165) is 19.4 Å². The Hall–Kier alpha value is -0.570. The van der Waals surface area contributed by atoms with E-state index >= 15 is 0 Å². The minimum atomic E-state index is -0.328. The van der Waals surface area contributed by atoms with E-state index in [1.54, 1.807) is 0 Å². The number of nitrogens with zero attached hydrogens (tertiary/aromatic N) is 1. The van der Waals surface area contributed by atoms with E-state index in [9.17, 15) is 4.79 Å². The molecule has 0 aromatic heterocycles. The maximum atomic E-state index is 12.1. The molecule has 1 aliphatic rings. The van der Waals surface area contributed by atoms with Crippen LogP contribution in [0.4, 0.5) is 0 Å². The van der Waals surface area contributed by atoms with Crippen LogP contribution in [0.2, 0.25) is 0 Å². The Balaban J connectivity index is 2.55. The quantitative estimate of drug-likeness (QED) is 0.708. The molecule has 2 unspecified atom stereocenters. The molecule has 1 saturated heterocycles. The van der Waals surface area contributed by atoms with Crippen molar-refractivity contribution in [3.05, 3.63) is 0 Å². The van der Waals surface area contributed by atoms with Crippen LogP contribution in [0.25, 0.3) is 0 Å². The minimum absolute atomic E-state index is 0.194. The lowest BCUT2D eigenvalue weighted by Gasteiger charge is -2.21. The number of hydrogen-bond donors (Lipinski definition) is 1. The normalized spacial score (nSPS) is 31.3. The van der Waals surface area contributed by atoms with Crippen LogP contribution in [-0.2, 0) is 4.79 Å². The highest BCUT2D eigenvalue weighted by Gasteiger charge is 2.44. The molecule has 0 bridgehead atoms. The third-order valence-corrected chi connectivity index (χ3v) is 3.44. The van der Waals surface area contributed by atoms with Crippen molar-refractivity contribution in [1.29, 1.82) is 0 Å². The Morgan fingerprint density at radius 1 is 1.40 bits per heavy atom. The van der Waals surface area contributed by atoms with Gasteiger partial charge in [-0.3, -0.25) is 10.1 Å². The lowest BCUT2D eigenvalue weighted by Crippen LogP contribution is -2.43. The number of carbonyl (C=O) groups is 1. The Morgan fingerprint density at radius 2 is 2.07 bits per heavy atom. The molecule has 0 aliphatic carbocycles. The summed E-state index contributed by atoms with van der Waals surface area (Å²) >= 11 is 0. The van der Waals surface area contributed by atoms with Crippen molar-refractivity contribution in [1.82, 2.24) is 10.2 Å². The third kappa shape index (κ3) is 2.51. The molecule has 88 valence electrons. The smallest absolute Gasteiger partial charge is 0.243 e. The maximum absolute atomic E-state index is 12.1. The van der Waals surface area contributed by atoms with Gasteiger partial charge in [0, 0.05) is 6.54 Å². The Kier molecular flexibility index (Phi) is 4.14. The zero-order valence-corrected chi connectivity index (χ0v) is 10.5. The van der Waals surface area contributed by atoms with Gasteiger partial charge >= 0.3 is 0 Å². The molecule has 1 amide bonds. The molecule has 2 atom stereocenters. The zero-order valence-electron chi connectivity index (χ0n) is 10.5. The third-order valence-electron chi connectivity index (χ3n) is 3.44. The summed E-state index contributed by atoms with van der Waals surface area (Å²) in [5, 5.41) is 3.38. The Labute approximate surface area is 93.2 Å². The largest absolute Gasteiger partial charge is 0.326 e. The van der Waals surface area contributed by atoms with Crippen molar-refractivity contribution in [2.45, 2.75) is 65.1 Å². The van der Waals surface area contributed by atoms with Gasteiger partial charge in [0.2, 0.25) is 5.91 Å². The Morgan fingerprint density at radius 3 is 2.53 bits per heavy atom. The van der Waals surface area contributed by atoms with Crippen molar-refractivity contribution in [3.8, 4) is 0 Å². The highest BCUT2D eigenvalue weighted by Crippen LogP contribution is 2.23. The summed E-state index contributed by atoms with van der Waals surface area (Å²) in [5.41, 5.74) is -0.328.